The van der Waals surface area contributed by atoms with E-state index in [4.69, 9.17) is 4.74 Å². The fourth-order valence-corrected chi connectivity index (χ4v) is 2.01. The molecular weight excluding hydrogens is 192 g/mol. The molecule has 15 heavy (non-hydrogen) atoms. The van der Waals surface area contributed by atoms with Crippen LogP contribution in [0.25, 0.3) is 0 Å². The summed E-state index contributed by atoms with van der Waals surface area (Å²) >= 11 is 0. The summed E-state index contributed by atoms with van der Waals surface area (Å²) in [6.07, 6.45) is 4.68. The predicted octanol–water partition coefficient (Wildman–Crippen LogP) is 2.41. The van der Waals surface area contributed by atoms with Crippen LogP contribution in [0.3, 0.4) is 0 Å². The quantitative estimate of drug-likeness (QED) is 0.734. The van der Waals surface area contributed by atoms with Crippen LogP contribution in [0, 0.1) is 0 Å². The van der Waals surface area contributed by atoms with E-state index in [-0.39, 0.29) is 5.97 Å². The van der Waals surface area contributed by atoms with Crippen LogP contribution < -0.4 is 0 Å². The maximum Gasteiger partial charge on any atom is 0.306 e. The molecule has 0 unspecified atom stereocenters. The summed E-state index contributed by atoms with van der Waals surface area (Å²) in [5.74, 6) is -0.206. The third kappa shape index (κ3) is 4.65. The molecule has 1 N–H and O–H groups in total. The smallest absolute Gasteiger partial charge is 0.306 e. The zero-order valence-corrected chi connectivity index (χ0v) is 10.0. The molecule has 0 aromatic heterocycles. The minimum atomic E-state index is -0.600. The summed E-state index contributed by atoms with van der Waals surface area (Å²) in [5, 5.41) is 10.0. The van der Waals surface area contributed by atoms with Crippen molar-refractivity contribution in [1.82, 2.24) is 0 Å². The van der Waals surface area contributed by atoms with E-state index in [0.29, 0.717) is 12.8 Å². The molecule has 88 valence electrons. The van der Waals surface area contributed by atoms with Gasteiger partial charge in [-0.05, 0) is 40.0 Å². The Morgan fingerprint density at radius 1 is 1.33 bits per heavy atom. The number of carbonyl (C=O) groups excluding carboxylic acids is 1. The van der Waals surface area contributed by atoms with Crippen LogP contribution in [0.15, 0.2) is 0 Å². The van der Waals surface area contributed by atoms with Crippen LogP contribution in [0.5, 0.6) is 0 Å². The Bertz CT molecular complexity index is 222. The topological polar surface area (TPSA) is 46.5 Å². The molecule has 1 aliphatic rings. The molecule has 0 radical (unpaired) electrons. The number of hydrogen-bond acceptors (Lipinski definition) is 3. The molecule has 1 rings (SSSR count). The van der Waals surface area contributed by atoms with Gasteiger partial charge >= 0.3 is 5.97 Å². The summed E-state index contributed by atoms with van der Waals surface area (Å²) < 4.78 is 5.19. The molecule has 0 atom stereocenters. The molecule has 0 aliphatic heterocycles. The Kier molecular flexibility index (Phi) is 3.77. The molecule has 1 aliphatic carbocycles. The standard InChI is InChI=1S/C12H22O3/c1-11(2,3)15-10(13)6-9-12(14)7-4-5-8-12/h14H,4-9H2,1-3H3. The average molecular weight is 214 g/mol. The molecule has 3 nitrogen and oxygen atoms in total. The van der Waals surface area contributed by atoms with Crippen LogP contribution in [-0.4, -0.2) is 22.3 Å². The van der Waals surface area contributed by atoms with Gasteiger partial charge in [-0.3, -0.25) is 4.79 Å². The number of rotatable bonds is 3. The Hall–Kier alpha value is -0.570. The van der Waals surface area contributed by atoms with Gasteiger partial charge in [0.05, 0.1) is 5.60 Å². The zero-order valence-electron chi connectivity index (χ0n) is 10.0. The molecule has 0 amide bonds. The van der Waals surface area contributed by atoms with E-state index in [1.165, 1.54) is 0 Å². The molecule has 0 spiro atoms. The molecular formula is C12H22O3. The van der Waals surface area contributed by atoms with Crippen LogP contribution in [0.4, 0.5) is 0 Å². The van der Waals surface area contributed by atoms with E-state index in [2.05, 4.69) is 0 Å². The van der Waals surface area contributed by atoms with E-state index in [9.17, 15) is 9.90 Å². The normalized spacial score (nSPS) is 20.3. The Balaban J connectivity index is 2.28. The van der Waals surface area contributed by atoms with Crippen molar-refractivity contribution in [1.29, 1.82) is 0 Å². The fraction of sp³-hybridized carbons (Fsp3) is 0.917. The molecule has 0 heterocycles. The third-order valence-electron chi connectivity index (χ3n) is 2.75. The van der Waals surface area contributed by atoms with Gasteiger partial charge in [-0.2, -0.15) is 0 Å². The van der Waals surface area contributed by atoms with Gasteiger partial charge in [-0.1, -0.05) is 12.8 Å². The van der Waals surface area contributed by atoms with Crippen molar-refractivity contribution in [3.8, 4) is 0 Å². The monoisotopic (exact) mass is 214 g/mol. The van der Waals surface area contributed by atoms with E-state index < -0.39 is 11.2 Å². The van der Waals surface area contributed by atoms with E-state index in [1.54, 1.807) is 0 Å². The maximum atomic E-state index is 11.4. The number of aliphatic hydroxyl groups is 1. The van der Waals surface area contributed by atoms with Gasteiger partial charge in [0.1, 0.15) is 5.60 Å². The van der Waals surface area contributed by atoms with Crippen molar-refractivity contribution in [3.63, 3.8) is 0 Å². The minimum absolute atomic E-state index is 0.206. The first-order valence-electron chi connectivity index (χ1n) is 5.75. The Morgan fingerprint density at radius 3 is 2.33 bits per heavy atom. The number of esters is 1. The first-order valence-corrected chi connectivity index (χ1v) is 5.75. The third-order valence-corrected chi connectivity index (χ3v) is 2.75. The first-order chi connectivity index (χ1) is 6.81. The number of hydrogen-bond donors (Lipinski definition) is 1. The van der Waals surface area contributed by atoms with E-state index in [1.807, 2.05) is 20.8 Å². The SMILES string of the molecule is CC(C)(C)OC(=O)CCC1(O)CCCC1. The lowest BCUT2D eigenvalue weighted by molar-refractivity contribution is -0.156. The summed E-state index contributed by atoms with van der Waals surface area (Å²) in [6.45, 7) is 5.57. The van der Waals surface area contributed by atoms with Crippen LogP contribution in [-0.2, 0) is 9.53 Å². The number of ether oxygens (including phenoxy) is 1. The van der Waals surface area contributed by atoms with E-state index in [0.717, 1.165) is 25.7 Å². The second kappa shape index (κ2) is 4.52. The summed E-state index contributed by atoms with van der Waals surface area (Å²) in [7, 11) is 0. The lowest BCUT2D eigenvalue weighted by Gasteiger charge is -2.23. The van der Waals surface area contributed by atoms with Gasteiger partial charge in [0.25, 0.3) is 0 Å². The zero-order chi connectivity index (χ0) is 11.5. The Morgan fingerprint density at radius 2 is 1.87 bits per heavy atom. The Labute approximate surface area is 91.8 Å². The highest BCUT2D eigenvalue weighted by molar-refractivity contribution is 5.69. The van der Waals surface area contributed by atoms with Crippen LogP contribution >= 0.6 is 0 Å². The summed E-state index contributed by atoms with van der Waals surface area (Å²) in [5.41, 5.74) is -1.02. The fourth-order valence-electron chi connectivity index (χ4n) is 2.01. The lowest BCUT2D eigenvalue weighted by atomic mass is 9.96. The van der Waals surface area contributed by atoms with Gasteiger partial charge in [-0.15, -0.1) is 0 Å². The van der Waals surface area contributed by atoms with Gasteiger partial charge in [0, 0.05) is 6.42 Å². The van der Waals surface area contributed by atoms with E-state index >= 15 is 0 Å². The largest absolute Gasteiger partial charge is 0.460 e. The van der Waals surface area contributed by atoms with Crippen LogP contribution in [0.2, 0.25) is 0 Å². The average Bonchev–Trinajstić information content (AvgIpc) is 2.47. The second-order valence-corrected chi connectivity index (χ2v) is 5.52. The molecule has 1 saturated carbocycles. The summed E-state index contributed by atoms with van der Waals surface area (Å²) in [6, 6.07) is 0. The van der Waals surface area contributed by atoms with Gasteiger partial charge in [0.2, 0.25) is 0 Å². The lowest BCUT2D eigenvalue weighted by Crippen LogP contribution is -2.28. The first kappa shape index (κ1) is 12.5. The molecule has 1 fully saturated rings. The van der Waals surface area contributed by atoms with Gasteiger partial charge in [0.15, 0.2) is 0 Å². The van der Waals surface area contributed by atoms with Crippen molar-refractivity contribution < 1.29 is 14.6 Å². The minimum Gasteiger partial charge on any atom is -0.460 e. The molecule has 0 aromatic carbocycles. The number of carbonyl (C=O) groups is 1. The van der Waals surface area contributed by atoms with Crippen molar-refractivity contribution in [2.75, 3.05) is 0 Å². The van der Waals surface area contributed by atoms with Crippen molar-refractivity contribution in [2.45, 2.75) is 70.5 Å². The predicted molar refractivity (Wildman–Crippen MR) is 58.5 cm³/mol. The molecule has 0 aromatic rings. The van der Waals surface area contributed by atoms with Gasteiger partial charge < -0.3 is 9.84 Å². The highest BCUT2D eigenvalue weighted by Crippen LogP contribution is 2.33. The van der Waals surface area contributed by atoms with Crippen molar-refractivity contribution in [3.05, 3.63) is 0 Å². The van der Waals surface area contributed by atoms with Crippen molar-refractivity contribution >= 4 is 5.97 Å². The maximum absolute atomic E-state index is 11.4. The van der Waals surface area contributed by atoms with Gasteiger partial charge in [-0.25, -0.2) is 0 Å². The van der Waals surface area contributed by atoms with Crippen LogP contribution in [0.1, 0.15) is 59.3 Å². The molecule has 3 heteroatoms. The van der Waals surface area contributed by atoms with Crippen molar-refractivity contribution in [2.24, 2.45) is 0 Å². The highest BCUT2D eigenvalue weighted by atomic mass is 16.6. The second-order valence-electron chi connectivity index (χ2n) is 5.52. The molecule has 0 saturated heterocycles. The highest BCUT2D eigenvalue weighted by Gasteiger charge is 2.31. The summed E-state index contributed by atoms with van der Waals surface area (Å²) in [4.78, 5) is 11.4. The molecule has 0 bridgehead atoms.